The van der Waals surface area contributed by atoms with E-state index in [4.69, 9.17) is 11.5 Å². The Kier molecular flexibility index (Phi) is 14.3. The van der Waals surface area contributed by atoms with Gasteiger partial charge < -0.3 is 37.8 Å². The number of aromatic hydroxyl groups is 1. The van der Waals surface area contributed by atoms with E-state index in [-0.39, 0.29) is 43.9 Å². The van der Waals surface area contributed by atoms with Crippen LogP contribution in [0.25, 0.3) is 0 Å². The van der Waals surface area contributed by atoms with Crippen molar-refractivity contribution in [2.45, 2.75) is 63.7 Å². The Bertz CT molecular complexity index is 1620. The van der Waals surface area contributed by atoms with Gasteiger partial charge in [0.15, 0.2) is 0 Å². The van der Waals surface area contributed by atoms with Gasteiger partial charge in [-0.25, -0.2) is 0 Å². The number of nitrogens with zero attached hydrogens (tertiary/aromatic N) is 1. The van der Waals surface area contributed by atoms with E-state index in [1.165, 1.54) is 12.1 Å². The number of carbonyl (C=O) groups is 5. The maximum Gasteiger partial charge on any atom is 0.243 e. The van der Waals surface area contributed by atoms with Gasteiger partial charge in [-0.1, -0.05) is 68.4 Å². The first-order chi connectivity index (χ1) is 23.4. The predicted octanol–water partition coefficient (Wildman–Crippen LogP) is 0.721. The zero-order valence-electron chi connectivity index (χ0n) is 27.5. The van der Waals surface area contributed by atoms with Gasteiger partial charge in [0.25, 0.3) is 0 Å². The second-order valence-corrected chi connectivity index (χ2v) is 12.1. The van der Waals surface area contributed by atoms with Crippen LogP contribution in [0.2, 0.25) is 0 Å². The molecule has 0 heterocycles. The highest BCUT2D eigenvalue weighted by molar-refractivity contribution is 5.95. The average molecular weight is 670 g/mol. The van der Waals surface area contributed by atoms with Crippen LogP contribution in [0.5, 0.6) is 5.75 Å². The molecule has 4 atom stereocenters. The second kappa shape index (κ2) is 18.6. The summed E-state index contributed by atoms with van der Waals surface area (Å²) in [6.07, 6.45) is 0.332. The van der Waals surface area contributed by atoms with Crippen LogP contribution in [0.3, 0.4) is 0 Å². The third-order valence-electron chi connectivity index (χ3n) is 7.65. The maximum absolute atomic E-state index is 14.0. The number of nitriles is 1. The topological polar surface area (TPSA) is 230 Å². The van der Waals surface area contributed by atoms with E-state index in [0.717, 1.165) is 5.56 Å². The van der Waals surface area contributed by atoms with Gasteiger partial charge in [-0.05, 0) is 53.3 Å². The van der Waals surface area contributed by atoms with Gasteiger partial charge in [0, 0.05) is 19.3 Å². The maximum atomic E-state index is 14.0. The molecule has 3 aromatic carbocycles. The Hall–Kier alpha value is -5.74. The van der Waals surface area contributed by atoms with Crippen LogP contribution >= 0.6 is 0 Å². The summed E-state index contributed by atoms with van der Waals surface area (Å²) >= 11 is 0. The van der Waals surface area contributed by atoms with E-state index in [0.29, 0.717) is 16.7 Å². The van der Waals surface area contributed by atoms with Crippen molar-refractivity contribution in [1.82, 2.24) is 21.3 Å². The number of primary amides is 1. The minimum atomic E-state index is -1.24. The standard InChI is InChI=1S/C36H43N7O6/c1-22(2)16-29(40-32(45)21-38)34(47)42-31(19-25-12-14-27(44)15-13-25)36(49)43-30(18-24-8-10-26(20-37)11-9-24)35(48)41-28(33(39)46)17-23-6-4-3-5-7-23/h3-15,22,28-31,44H,16-19,21,38H2,1-2H3,(H2,39,46)(H,40,45)(H,41,48)(H,42,47)(H,43,49). The second-order valence-electron chi connectivity index (χ2n) is 12.1. The summed E-state index contributed by atoms with van der Waals surface area (Å²) in [4.78, 5) is 65.8. The molecule has 13 heteroatoms. The molecule has 0 spiro atoms. The number of nitrogens with two attached hydrogens (primary N) is 2. The van der Waals surface area contributed by atoms with Gasteiger partial charge in [0.05, 0.1) is 18.2 Å². The monoisotopic (exact) mass is 669 g/mol. The number of hydrogen-bond donors (Lipinski definition) is 7. The van der Waals surface area contributed by atoms with Crippen molar-refractivity contribution >= 4 is 29.5 Å². The Labute approximate surface area is 285 Å². The minimum Gasteiger partial charge on any atom is -0.508 e. The highest BCUT2D eigenvalue weighted by atomic mass is 16.3. The number of amides is 5. The van der Waals surface area contributed by atoms with Crippen molar-refractivity contribution in [2.24, 2.45) is 17.4 Å². The molecule has 9 N–H and O–H groups in total. The Balaban J connectivity index is 1.93. The Morgan fingerprint density at radius 1 is 0.673 bits per heavy atom. The molecule has 0 saturated heterocycles. The van der Waals surface area contributed by atoms with Gasteiger partial charge >= 0.3 is 0 Å². The first-order valence-corrected chi connectivity index (χ1v) is 15.9. The van der Waals surface area contributed by atoms with Crippen LogP contribution in [-0.2, 0) is 43.2 Å². The first kappa shape index (κ1) is 37.7. The predicted molar refractivity (Wildman–Crippen MR) is 182 cm³/mol. The van der Waals surface area contributed by atoms with Crippen LogP contribution in [0.15, 0.2) is 78.9 Å². The molecule has 0 aromatic heterocycles. The normalized spacial score (nSPS) is 13.2. The van der Waals surface area contributed by atoms with E-state index in [1.807, 2.05) is 26.0 Å². The number of phenols is 1. The molecule has 0 aliphatic carbocycles. The Morgan fingerprint density at radius 3 is 1.59 bits per heavy atom. The molecule has 4 unspecified atom stereocenters. The largest absolute Gasteiger partial charge is 0.508 e. The summed E-state index contributed by atoms with van der Waals surface area (Å²) < 4.78 is 0. The fraction of sp³-hybridized carbons (Fsp3) is 0.333. The number of phenolic OH excluding ortho intramolecular Hbond substituents is 1. The van der Waals surface area contributed by atoms with E-state index in [1.54, 1.807) is 60.7 Å². The van der Waals surface area contributed by atoms with Crippen molar-refractivity contribution in [2.75, 3.05) is 6.54 Å². The molecule has 0 aliphatic heterocycles. The molecule has 0 fully saturated rings. The lowest BCUT2D eigenvalue weighted by atomic mass is 9.99. The molecule has 3 aromatic rings. The summed E-state index contributed by atoms with van der Waals surface area (Å²) in [5, 5.41) is 29.7. The molecule has 49 heavy (non-hydrogen) atoms. The van der Waals surface area contributed by atoms with Gasteiger partial charge in [-0.3, -0.25) is 24.0 Å². The molecule has 0 bridgehead atoms. The average Bonchev–Trinajstić information content (AvgIpc) is 3.08. The summed E-state index contributed by atoms with van der Waals surface area (Å²) in [5.41, 5.74) is 13.5. The van der Waals surface area contributed by atoms with E-state index < -0.39 is 53.7 Å². The quantitative estimate of drug-likeness (QED) is 0.108. The van der Waals surface area contributed by atoms with Crippen LogP contribution < -0.4 is 32.7 Å². The van der Waals surface area contributed by atoms with Crippen LogP contribution in [-0.4, -0.2) is 65.4 Å². The zero-order valence-corrected chi connectivity index (χ0v) is 27.5. The van der Waals surface area contributed by atoms with Crippen molar-refractivity contribution in [3.05, 3.63) is 101 Å². The molecule has 5 amide bonds. The lowest BCUT2D eigenvalue weighted by Gasteiger charge is -2.27. The number of benzene rings is 3. The molecule has 0 saturated carbocycles. The number of rotatable bonds is 17. The first-order valence-electron chi connectivity index (χ1n) is 15.9. The highest BCUT2D eigenvalue weighted by Crippen LogP contribution is 2.14. The molecule has 0 radical (unpaired) electrons. The SMILES string of the molecule is CC(C)CC(NC(=O)CN)C(=O)NC(Cc1ccc(O)cc1)C(=O)NC(Cc1ccc(C#N)cc1)C(=O)NC(Cc1ccccc1)C(N)=O. The molecule has 258 valence electrons. The van der Waals surface area contributed by atoms with Gasteiger partial charge in [-0.2, -0.15) is 5.26 Å². The lowest BCUT2D eigenvalue weighted by molar-refractivity contribution is -0.134. The third kappa shape index (κ3) is 12.4. The molecule has 0 aliphatic rings. The van der Waals surface area contributed by atoms with Crippen LogP contribution in [0, 0.1) is 17.2 Å². The summed E-state index contributed by atoms with van der Waals surface area (Å²) in [6.45, 7) is 3.42. The zero-order chi connectivity index (χ0) is 35.9. The summed E-state index contributed by atoms with van der Waals surface area (Å²) in [5.74, 6) is -3.34. The Morgan fingerprint density at radius 2 is 1.12 bits per heavy atom. The summed E-state index contributed by atoms with van der Waals surface area (Å²) in [6, 6.07) is 19.0. The van der Waals surface area contributed by atoms with Crippen molar-refractivity contribution in [3.63, 3.8) is 0 Å². The van der Waals surface area contributed by atoms with E-state index in [2.05, 4.69) is 21.3 Å². The lowest BCUT2D eigenvalue weighted by Crippen LogP contribution is -2.59. The van der Waals surface area contributed by atoms with Gasteiger partial charge in [0.2, 0.25) is 29.5 Å². The minimum absolute atomic E-state index is 0.00721. The van der Waals surface area contributed by atoms with Crippen LogP contribution in [0.4, 0.5) is 0 Å². The molecule has 13 nitrogen and oxygen atoms in total. The van der Waals surface area contributed by atoms with Crippen molar-refractivity contribution in [1.29, 1.82) is 5.26 Å². The molecular formula is C36H43N7O6. The highest BCUT2D eigenvalue weighted by Gasteiger charge is 2.31. The summed E-state index contributed by atoms with van der Waals surface area (Å²) in [7, 11) is 0. The number of hydrogen-bond acceptors (Lipinski definition) is 8. The van der Waals surface area contributed by atoms with E-state index >= 15 is 0 Å². The van der Waals surface area contributed by atoms with Gasteiger partial charge in [0.1, 0.15) is 29.9 Å². The fourth-order valence-corrected chi connectivity index (χ4v) is 5.08. The smallest absolute Gasteiger partial charge is 0.243 e. The fourth-order valence-electron chi connectivity index (χ4n) is 5.08. The van der Waals surface area contributed by atoms with Crippen molar-refractivity contribution in [3.8, 4) is 11.8 Å². The van der Waals surface area contributed by atoms with Gasteiger partial charge in [-0.15, -0.1) is 0 Å². The van der Waals surface area contributed by atoms with E-state index in [9.17, 15) is 34.3 Å². The number of nitrogens with one attached hydrogen (secondary N) is 4. The molecular weight excluding hydrogens is 626 g/mol. The third-order valence-corrected chi connectivity index (χ3v) is 7.65. The molecule has 3 rings (SSSR count). The van der Waals surface area contributed by atoms with Crippen molar-refractivity contribution < 1.29 is 29.1 Å². The van der Waals surface area contributed by atoms with Crippen LogP contribution in [0.1, 0.15) is 42.5 Å². The number of carbonyl (C=O) groups excluding carboxylic acids is 5.